The van der Waals surface area contributed by atoms with E-state index in [1.165, 1.54) is 0 Å². The van der Waals surface area contributed by atoms with Crippen molar-refractivity contribution in [1.29, 1.82) is 0 Å². The highest BCUT2D eigenvalue weighted by molar-refractivity contribution is 6.01. The molecule has 1 heterocycles. The van der Waals surface area contributed by atoms with Gasteiger partial charge in [0.1, 0.15) is 5.82 Å². The number of hydrogen-bond donors (Lipinski definition) is 2. The summed E-state index contributed by atoms with van der Waals surface area (Å²) in [5, 5.41) is 10.2. The molecule has 150 valence electrons. The highest BCUT2D eigenvalue weighted by Gasteiger charge is 2.43. The maximum absolute atomic E-state index is 13.5. The van der Waals surface area contributed by atoms with Crippen molar-refractivity contribution in [2.24, 2.45) is 0 Å². The molecule has 1 amide bonds. The van der Waals surface area contributed by atoms with Gasteiger partial charge in [0.2, 0.25) is 5.91 Å². The van der Waals surface area contributed by atoms with Crippen LogP contribution in [0.2, 0.25) is 0 Å². The van der Waals surface area contributed by atoms with Gasteiger partial charge in [-0.25, -0.2) is 0 Å². The third-order valence-electron chi connectivity index (χ3n) is 5.79. The van der Waals surface area contributed by atoms with Crippen LogP contribution >= 0.6 is 0 Å². The molecule has 0 radical (unpaired) electrons. The molecule has 1 saturated carbocycles. The number of nitrogens with zero attached hydrogens (tertiary/aromatic N) is 1. The van der Waals surface area contributed by atoms with Crippen LogP contribution in [-0.4, -0.2) is 30.3 Å². The normalized spacial score (nSPS) is 15.1. The molecule has 2 aromatic carbocycles. The van der Waals surface area contributed by atoms with Gasteiger partial charge in [0.25, 0.3) is 0 Å². The van der Waals surface area contributed by atoms with Gasteiger partial charge in [-0.1, -0.05) is 49.2 Å². The van der Waals surface area contributed by atoms with E-state index in [0.717, 1.165) is 42.4 Å². The Labute approximate surface area is 170 Å². The van der Waals surface area contributed by atoms with Gasteiger partial charge >= 0.3 is 0 Å². The van der Waals surface area contributed by atoms with Crippen LogP contribution in [0, 0.1) is 0 Å². The van der Waals surface area contributed by atoms with E-state index in [1.807, 2.05) is 48.5 Å². The molecule has 1 aliphatic carbocycles. The molecule has 0 aliphatic heterocycles. The van der Waals surface area contributed by atoms with E-state index in [2.05, 4.69) is 15.5 Å². The van der Waals surface area contributed by atoms with E-state index in [-0.39, 0.29) is 5.91 Å². The summed E-state index contributed by atoms with van der Waals surface area (Å²) in [5.41, 5.74) is 2.23. The standard InChI is InChI=1S/C23H25N3O3/c1-28-19-11-10-17(14-20(19)29-2)23(12-6-7-13-23)22(27)25-21-18(15-24-26-21)16-8-4-3-5-9-16/h3-5,8-11,14-15H,6-7,12-13H2,1-2H3,(H2,24,25,26,27). The number of carbonyl (C=O) groups excluding carboxylic acids is 1. The maximum atomic E-state index is 13.5. The average Bonchev–Trinajstić information content (AvgIpc) is 3.44. The monoisotopic (exact) mass is 391 g/mol. The van der Waals surface area contributed by atoms with Gasteiger partial charge in [0, 0.05) is 5.56 Å². The zero-order chi connectivity index (χ0) is 20.3. The first kappa shape index (κ1) is 19.1. The number of amides is 1. The molecule has 0 atom stereocenters. The SMILES string of the molecule is COc1ccc(C2(C(=O)Nc3[nH]ncc3-c3ccccc3)CCCC2)cc1OC. The van der Waals surface area contributed by atoms with Crippen molar-refractivity contribution in [3.63, 3.8) is 0 Å². The molecular formula is C23H25N3O3. The molecule has 0 spiro atoms. The van der Waals surface area contributed by atoms with Crippen molar-refractivity contribution in [3.8, 4) is 22.6 Å². The van der Waals surface area contributed by atoms with Crippen LogP contribution in [-0.2, 0) is 10.2 Å². The Morgan fingerprint density at radius 2 is 1.76 bits per heavy atom. The van der Waals surface area contributed by atoms with Crippen LogP contribution in [0.1, 0.15) is 31.2 Å². The summed E-state index contributed by atoms with van der Waals surface area (Å²) in [6, 6.07) is 15.7. The zero-order valence-electron chi connectivity index (χ0n) is 16.7. The number of carbonyl (C=O) groups is 1. The second-order valence-corrected chi connectivity index (χ2v) is 7.34. The molecule has 0 unspecified atom stereocenters. The van der Waals surface area contributed by atoms with Crippen molar-refractivity contribution in [2.45, 2.75) is 31.1 Å². The third-order valence-corrected chi connectivity index (χ3v) is 5.79. The molecule has 1 fully saturated rings. The summed E-state index contributed by atoms with van der Waals surface area (Å²) in [7, 11) is 3.22. The fourth-order valence-corrected chi connectivity index (χ4v) is 4.21. The fraction of sp³-hybridized carbons (Fsp3) is 0.304. The molecule has 2 N–H and O–H groups in total. The number of benzene rings is 2. The molecule has 4 rings (SSSR count). The first-order valence-corrected chi connectivity index (χ1v) is 9.81. The van der Waals surface area contributed by atoms with Gasteiger partial charge in [-0.05, 0) is 36.1 Å². The van der Waals surface area contributed by atoms with E-state index in [1.54, 1.807) is 20.4 Å². The second-order valence-electron chi connectivity index (χ2n) is 7.34. The van der Waals surface area contributed by atoms with Crippen molar-refractivity contribution >= 4 is 11.7 Å². The molecule has 0 saturated heterocycles. The van der Waals surface area contributed by atoms with E-state index in [0.29, 0.717) is 17.3 Å². The lowest BCUT2D eigenvalue weighted by Crippen LogP contribution is -2.38. The number of ether oxygens (including phenoxy) is 2. The fourth-order valence-electron chi connectivity index (χ4n) is 4.21. The Morgan fingerprint density at radius 3 is 2.45 bits per heavy atom. The number of methoxy groups -OCH3 is 2. The first-order valence-electron chi connectivity index (χ1n) is 9.81. The maximum Gasteiger partial charge on any atom is 0.236 e. The Morgan fingerprint density at radius 1 is 1.03 bits per heavy atom. The van der Waals surface area contributed by atoms with E-state index >= 15 is 0 Å². The number of aromatic amines is 1. The smallest absolute Gasteiger partial charge is 0.236 e. The molecule has 1 aromatic heterocycles. The highest BCUT2D eigenvalue weighted by atomic mass is 16.5. The quantitative estimate of drug-likeness (QED) is 0.647. The predicted molar refractivity (Wildman–Crippen MR) is 112 cm³/mol. The van der Waals surface area contributed by atoms with E-state index < -0.39 is 5.41 Å². The van der Waals surface area contributed by atoms with Gasteiger partial charge in [-0.2, -0.15) is 5.10 Å². The van der Waals surface area contributed by atoms with Crippen LogP contribution in [0.3, 0.4) is 0 Å². The van der Waals surface area contributed by atoms with Gasteiger partial charge in [-0.3, -0.25) is 9.89 Å². The third kappa shape index (κ3) is 3.46. The van der Waals surface area contributed by atoms with Crippen LogP contribution in [0.15, 0.2) is 54.7 Å². The number of aromatic nitrogens is 2. The van der Waals surface area contributed by atoms with Crippen molar-refractivity contribution in [1.82, 2.24) is 10.2 Å². The summed E-state index contributed by atoms with van der Waals surface area (Å²) < 4.78 is 10.8. The lowest BCUT2D eigenvalue weighted by molar-refractivity contribution is -0.121. The Hall–Kier alpha value is -3.28. The number of anilines is 1. The summed E-state index contributed by atoms with van der Waals surface area (Å²) in [5.74, 6) is 1.89. The minimum atomic E-state index is -0.599. The number of hydrogen-bond acceptors (Lipinski definition) is 4. The van der Waals surface area contributed by atoms with Crippen LogP contribution < -0.4 is 14.8 Å². The van der Waals surface area contributed by atoms with Crippen molar-refractivity contribution in [3.05, 3.63) is 60.3 Å². The topological polar surface area (TPSA) is 76.2 Å². The molecular weight excluding hydrogens is 366 g/mol. The first-order chi connectivity index (χ1) is 14.2. The molecule has 6 heteroatoms. The van der Waals surface area contributed by atoms with Crippen LogP contribution in [0.25, 0.3) is 11.1 Å². The Balaban J connectivity index is 1.67. The van der Waals surface area contributed by atoms with E-state index in [4.69, 9.17) is 9.47 Å². The summed E-state index contributed by atoms with van der Waals surface area (Å²) >= 11 is 0. The van der Waals surface area contributed by atoms with Crippen LogP contribution in [0.4, 0.5) is 5.82 Å². The number of nitrogens with one attached hydrogen (secondary N) is 2. The average molecular weight is 391 g/mol. The van der Waals surface area contributed by atoms with Gasteiger partial charge in [0.15, 0.2) is 11.5 Å². The van der Waals surface area contributed by atoms with Crippen LogP contribution in [0.5, 0.6) is 11.5 Å². The zero-order valence-corrected chi connectivity index (χ0v) is 16.7. The lowest BCUT2D eigenvalue weighted by atomic mass is 9.77. The molecule has 0 bridgehead atoms. The molecule has 3 aromatic rings. The minimum absolute atomic E-state index is 0.0244. The summed E-state index contributed by atoms with van der Waals surface area (Å²) in [4.78, 5) is 13.5. The molecule has 6 nitrogen and oxygen atoms in total. The largest absolute Gasteiger partial charge is 0.493 e. The summed E-state index contributed by atoms with van der Waals surface area (Å²) in [6.45, 7) is 0. The Bertz CT molecular complexity index is 992. The minimum Gasteiger partial charge on any atom is -0.493 e. The number of H-pyrrole nitrogens is 1. The van der Waals surface area contributed by atoms with Gasteiger partial charge in [0.05, 0.1) is 25.8 Å². The number of rotatable bonds is 6. The summed E-state index contributed by atoms with van der Waals surface area (Å²) in [6.07, 6.45) is 5.35. The van der Waals surface area contributed by atoms with E-state index in [9.17, 15) is 4.79 Å². The lowest BCUT2D eigenvalue weighted by Gasteiger charge is -2.29. The second kappa shape index (κ2) is 7.99. The van der Waals surface area contributed by atoms with Crippen molar-refractivity contribution < 1.29 is 14.3 Å². The van der Waals surface area contributed by atoms with Gasteiger partial charge < -0.3 is 14.8 Å². The molecule has 29 heavy (non-hydrogen) atoms. The molecule has 1 aliphatic rings. The predicted octanol–water partition coefficient (Wildman–Crippen LogP) is 4.54. The van der Waals surface area contributed by atoms with Crippen molar-refractivity contribution in [2.75, 3.05) is 19.5 Å². The Kier molecular flexibility index (Phi) is 5.25. The highest BCUT2D eigenvalue weighted by Crippen LogP contribution is 2.44. The van der Waals surface area contributed by atoms with Gasteiger partial charge in [-0.15, -0.1) is 0 Å².